The molecule has 1 N–H and O–H groups in total. The summed E-state index contributed by atoms with van der Waals surface area (Å²) in [5, 5.41) is 10.3. The number of benzene rings is 1. The molecule has 19 heavy (non-hydrogen) atoms. The molecule has 1 aromatic carbocycles. The number of urea groups is 1. The number of nitrogens with one attached hydrogen (secondary N) is 1. The third-order valence-electron chi connectivity index (χ3n) is 2.20. The van der Waals surface area contributed by atoms with Gasteiger partial charge in [0.15, 0.2) is 0 Å². The zero-order valence-electron chi connectivity index (χ0n) is 9.94. The van der Waals surface area contributed by atoms with E-state index in [1.807, 2.05) is 6.07 Å². The van der Waals surface area contributed by atoms with E-state index in [2.05, 4.69) is 0 Å². The lowest BCUT2D eigenvalue weighted by Gasteiger charge is -2.22. The fourth-order valence-electron chi connectivity index (χ4n) is 1.39. The summed E-state index contributed by atoms with van der Waals surface area (Å²) >= 11 is 0. The molecular formula is C12H12F3N3O. The van der Waals surface area contributed by atoms with Gasteiger partial charge in [-0.15, -0.1) is 0 Å². The number of para-hydroxylation sites is 1. The standard InChI is InChI=1S/C12H12F3N3O/c13-12(14,15)9-17-11(19)18(8-4-7-16)10-5-2-1-3-6-10/h1-3,5-6H,4,8-9H2,(H,17,19). The summed E-state index contributed by atoms with van der Waals surface area (Å²) in [4.78, 5) is 12.8. The number of amides is 2. The second kappa shape index (κ2) is 6.64. The lowest BCUT2D eigenvalue weighted by Crippen LogP contribution is -2.44. The lowest BCUT2D eigenvalue weighted by molar-refractivity contribution is -0.122. The maximum Gasteiger partial charge on any atom is 0.405 e. The first-order chi connectivity index (χ1) is 8.94. The van der Waals surface area contributed by atoms with E-state index in [0.717, 1.165) is 4.90 Å². The highest BCUT2D eigenvalue weighted by atomic mass is 19.4. The van der Waals surface area contributed by atoms with Crippen LogP contribution in [0, 0.1) is 11.3 Å². The lowest BCUT2D eigenvalue weighted by atomic mass is 10.3. The van der Waals surface area contributed by atoms with Crippen LogP contribution < -0.4 is 10.2 Å². The molecule has 0 atom stereocenters. The van der Waals surface area contributed by atoms with Gasteiger partial charge in [-0.25, -0.2) is 4.79 Å². The van der Waals surface area contributed by atoms with Gasteiger partial charge in [-0.05, 0) is 12.1 Å². The van der Waals surface area contributed by atoms with Crippen LogP contribution in [0.4, 0.5) is 23.7 Å². The zero-order chi connectivity index (χ0) is 14.3. The van der Waals surface area contributed by atoms with Crippen molar-refractivity contribution in [2.75, 3.05) is 18.0 Å². The SMILES string of the molecule is N#CCCN(C(=O)NCC(F)(F)F)c1ccccc1. The summed E-state index contributed by atoms with van der Waals surface area (Å²) < 4.78 is 36.1. The first-order valence-corrected chi connectivity index (χ1v) is 5.48. The highest BCUT2D eigenvalue weighted by Crippen LogP contribution is 2.15. The Morgan fingerprint density at radius 3 is 2.47 bits per heavy atom. The van der Waals surface area contributed by atoms with E-state index in [9.17, 15) is 18.0 Å². The Morgan fingerprint density at radius 1 is 1.32 bits per heavy atom. The second-order valence-corrected chi connectivity index (χ2v) is 3.67. The van der Waals surface area contributed by atoms with E-state index < -0.39 is 18.8 Å². The predicted octanol–water partition coefficient (Wildman–Crippen LogP) is 2.68. The van der Waals surface area contributed by atoms with Gasteiger partial charge in [0.1, 0.15) is 6.54 Å². The van der Waals surface area contributed by atoms with Gasteiger partial charge in [-0.1, -0.05) is 18.2 Å². The molecule has 0 saturated carbocycles. The van der Waals surface area contributed by atoms with Gasteiger partial charge in [0.05, 0.1) is 12.5 Å². The number of alkyl halides is 3. The Hall–Kier alpha value is -2.23. The highest BCUT2D eigenvalue weighted by molar-refractivity contribution is 5.91. The van der Waals surface area contributed by atoms with Crippen molar-refractivity contribution in [2.45, 2.75) is 12.6 Å². The Balaban J connectivity index is 2.75. The molecule has 0 radical (unpaired) electrons. The number of anilines is 1. The number of carbonyl (C=O) groups is 1. The fourth-order valence-corrected chi connectivity index (χ4v) is 1.39. The summed E-state index contributed by atoms with van der Waals surface area (Å²) in [6, 6.07) is 9.19. The Bertz CT molecular complexity index is 454. The van der Waals surface area contributed by atoms with Crippen LogP contribution in [0.5, 0.6) is 0 Å². The van der Waals surface area contributed by atoms with Crippen LogP contribution in [0.25, 0.3) is 0 Å². The third-order valence-corrected chi connectivity index (χ3v) is 2.20. The van der Waals surface area contributed by atoms with Crippen molar-refractivity contribution in [3.8, 4) is 6.07 Å². The van der Waals surface area contributed by atoms with Crippen molar-refractivity contribution < 1.29 is 18.0 Å². The molecule has 0 aliphatic heterocycles. The minimum Gasteiger partial charge on any atom is -0.329 e. The Kier molecular flexibility index (Phi) is 5.18. The van der Waals surface area contributed by atoms with Gasteiger partial charge in [0.2, 0.25) is 0 Å². The molecule has 0 aliphatic rings. The molecule has 0 unspecified atom stereocenters. The number of hydrogen-bond acceptors (Lipinski definition) is 2. The first kappa shape index (κ1) is 14.8. The van der Waals surface area contributed by atoms with Crippen molar-refractivity contribution in [3.05, 3.63) is 30.3 Å². The van der Waals surface area contributed by atoms with Gasteiger partial charge in [0, 0.05) is 12.2 Å². The van der Waals surface area contributed by atoms with E-state index in [1.54, 1.807) is 35.6 Å². The average Bonchev–Trinajstić information content (AvgIpc) is 2.37. The zero-order valence-corrected chi connectivity index (χ0v) is 9.94. The number of nitrogens with zero attached hydrogens (tertiary/aromatic N) is 2. The summed E-state index contributed by atoms with van der Waals surface area (Å²) in [6.45, 7) is -1.37. The van der Waals surface area contributed by atoms with Gasteiger partial charge in [-0.2, -0.15) is 18.4 Å². The molecule has 0 bridgehead atoms. The molecular weight excluding hydrogens is 259 g/mol. The van der Waals surface area contributed by atoms with Gasteiger partial charge in [-0.3, -0.25) is 4.90 Å². The normalized spacial score (nSPS) is 10.6. The van der Waals surface area contributed by atoms with Gasteiger partial charge in [0.25, 0.3) is 0 Å². The quantitative estimate of drug-likeness (QED) is 0.915. The second-order valence-electron chi connectivity index (χ2n) is 3.67. The van der Waals surface area contributed by atoms with Crippen molar-refractivity contribution in [2.24, 2.45) is 0 Å². The largest absolute Gasteiger partial charge is 0.405 e. The Morgan fingerprint density at radius 2 is 1.95 bits per heavy atom. The van der Waals surface area contributed by atoms with E-state index in [0.29, 0.717) is 5.69 Å². The van der Waals surface area contributed by atoms with Crippen LogP contribution >= 0.6 is 0 Å². The first-order valence-electron chi connectivity index (χ1n) is 5.48. The molecule has 4 nitrogen and oxygen atoms in total. The summed E-state index contributed by atoms with van der Waals surface area (Å²) in [5.41, 5.74) is 0.442. The number of hydrogen-bond donors (Lipinski definition) is 1. The van der Waals surface area contributed by atoms with E-state index in [4.69, 9.17) is 5.26 Å². The van der Waals surface area contributed by atoms with Crippen molar-refractivity contribution >= 4 is 11.7 Å². The number of carbonyl (C=O) groups excluding carboxylic acids is 1. The molecule has 0 aromatic heterocycles. The van der Waals surface area contributed by atoms with Crippen LogP contribution in [0.1, 0.15) is 6.42 Å². The van der Waals surface area contributed by atoms with Crippen LogP contribution in [0.2, 0.25) is 0 Å². The summed E-state index contributed by atoms with van der Waals surface area (Å²) in [6.07, 6.45) is -4.43. The van der Waals surface area contributed by atoms with Crippen LogP contribution in [-0.2, 0) is 0 Å². The van der Waals surface area contributed by atoms with Crippen LogP contribution in [0.15, 0.2) is 30.3 Å². The van der Waals surface area contributed by atoms with Crippen molar-refractivity contribution in [3.63, 3.8) is 0 Å². The number of nitriles is 1. The van der Waals surface area contributed by atoms with Crippen LogP contribution in [0.3, 0.4) is 0 Å². The van der Waals surface area contributed by atoms with Gasteiger partial charge >= 0.3 is 12.2 Å². The summed E-state index contributed by atoms with van der Waals surface area (Å²) in [7, 11) is 0. The van der Waals surface area contributed by atoms with Gasteiger partial charge < -0.3 is 5.32 Å². The average molecular weight is 271 g/mol. The molecule has 102 valence electrons. The molecule has 7 heteroatoms. The monoisotopic (exact) mass is 271 g/mol. The number of halogens is 3. The molecule has 0 heterocycles. The number of rotatable bonds is 4. The molecule has 0 spiro atoms. The van der Waals surface area contributed by atoms with E-state index in [1.165, 1.54) is 0 Å². The molecule has 1 aromatic rings. The van der Waals surface area contributed by atoms with Crippen LogP contribution in [-0.4, -0.2) is 25.3 Å². The third kappa shape index (κ3) is 5.29. The van der Waals surface area contributed by atoms with Crippen molar-refractivity contribution in [1.82, 2.24) is 5.32 Å². The summed E-state index contributed by atoms with van der Waals surface area (Å²) in [5.74, 6) is 0. The molecule has 2 amide bonds. The van der Waals surface area contributed by atoms with E-state index >= 15 is 0 Å². The maximum atomic E-state index is 12.0. The topological polar surface area (TPSA) is 56.1 Å². The highest BCUT2D eigenvalue weighted by Gasteiger charge is 2.29. The minimum atomic E-state index is -4.47. The smallest absolute Gasteiger partial charge is 0.329 e. The van der Waals surface area contributed by atoms with Crippen molar-refractivity contribution in [1.29, 1.82) is 5.26 Å². The predicted molar refractivity (Wildman–Crippen MR) is 63.5 cm³/mol. The van der Waals surface area contributed by atoms with E-state index in [-0.39, 0.29) is 13.0 Å². The maximum absolute atomic E-state index is 12.0. The fraction of sp³-hybridized carbons (Fsp3) is 0.333. The minimum absolute atomic E-state index is 0.0319. The molecule has 0 fully saturated rings. The molecule has 1 rings (SSSR count). The molecule has 0 aliphatic carbocycles. The Labute approximate surface area is 108 Å². The molecule has 0 saturated heterocycles.